The zero-order chi connectivity index (χ0) is 22.8. The normalized spacial score (nSPS) is 21.3. The van der Waals surface area contributed by atoms with Crippen LogP contribution in [0.2, 0.25) is 0 Å². The summed E-state index contributed by atoms with van der Waals surface area (Å²) in [6.45, 7) is 6.07. The molecule has 0 amide bonds. The maximum atomic E-state index is 11.9. The van der Waals surface area contributed by atoms with Crippen molar-refractivity contribution in [2.45, 2.75) is 38.6 Å². The summed E-state index contributed by atoms with van der Waals surface area (Å²) in [6, 6.07) is 6.14. The van der Waals surface area contributed by atoms with Crippen molar-refractivity contribution < 1.29 is 9.53 Å². The number of carbonyl (C=O) groups excluding carboxylic acids is 1. The third kappa shape index (κ3) is 5.04. The minimum atomic E-state index is -0.0208. The Hall–Kier alpha value is -2.52. The van der Waals surface area contributed by atoms with Crippen LogP contribution >= 0.6 is 15.9 Å². The number of esters is 1. The Morgan fingerprint density at radius 2 is 2.15 bits per heavy atom. The van der Waals surface area contributed by atoms with Crippen LogP contribution in [0.4, 0.5) is 5.82 Å². The molecular weight excluding hydrogens is 484 g/mol. The molecule has 9 heteroatoms. The minimum Gasteiger partial charge on any atom is -0.466 e. The Labute approximate surface area is 201 Å². The molecule has 0 aromatic carbocycles. The van der Waals surface area contributed by atoms with Crippen molar-refractivity contribution in [3.63, 3.8) is 0 Å². The van der Waals surface area contributed by atoms with E-state index in [9.17, 15) is 4.79 Å². The zero-order valence-corrected chi connectivity index (χ0v) is 20.4. The van der Waals surface area contributed by atoms with E-state index in [1.54, 1.807) is 12.4 Å². The fourth-order valence-electron chi connectivity index (χ4n) is 4.72. The number of carbonyl (C=O) groups is 1. The van der Waals surface area contributed by atoms with Gasteiger partial charge in [0, 0.05) is 43.2 Å². The molecule has 1 N–H and O–H groups in total. The van der Waals surface area contributed by atoms with Gasteiger partial charge in [-0.05, 0) is 72.8 Å². The Balaban J connectivity index is 1.24. The van der Waals surface area contributed by atoms with Gasteiger partial charge in [0.05, 0.1) is 23.2 Å². The average Bonchev–Trinajstić information content (AvgIpc) is 3.51. The Bertz CT molecular complexity index is 1110. The van der Waals surface area contributed by atoms with Crippen LogP contribution in [0.1, 0.15) is 43.4 Å². The van der Waals surface area contributed by atoms with Gasteiger partial charge in [-0.3, -0.25) is 9.78 Å². The highest BCUT2D eigenvalue weighted by molar-refractivity contribution is 9.10. The second kappa shape index (κ2) is 9.77. The Morgan fingerprint density at radius 3 is 2.91 bits per heavy atom. The predicted molar refractivity (Wildman–Crippen MR) is 129 cm³/mol. The molecule has 33 heavy (non-hydrogen) atoms. The molecule has 3 aromatic rings. The molecule has 1 aliphatic carbocycles. The van der Waals surface area contributed by atoms with E-state index >= 15 is 0 Å². The number of anilines is 1. The van der Waals surface area contributed by atoms with E-state index in [1.165, 1.54) is 0 Å². The highest BCUT2D eigenvalue weighted by Crippen LogP contribution is 2.41. The summed E-state index contributed by atoms with van der Waals surface area (Å²) < 4.78 is 7.91. The molecule has 8 nitrogen and oxygen atoms in total. The lowest BCUT2D eigenvalue weighted by Crippen LogP contribution is -2.35. The number of fused-ring (bicyclic) bond motifs is 1. The monoisotopic (exact) mass is 512 g/mol. The number of rotatable bonds is 8. The molecule has 2 unspecified atom stereocenters. The first kappa shape index (κ1) is 22.3. The summed E-state index contributed by atoms with van der Waals surface area (Å²) in [4.78, 5) is 23.6. The molecule has 3 aromatic heterocycles. The van der Waals surface area contributed by atoms with Crippen LogP contribution in [0.3, 0.4) is 0 Å². The van der Waals surface area contributed by atoms with E-state index < -0.39 is 0 Å². The quantitative estimate of drug-likeness (QED) is 0.458. The van der Waals surface area contributed by atoms with Crippen LogP contribution in [0, 0.1) is 11.8 Å². The van der Waals surface area contributed by atoms with Gasteiger partial charge >= 0.3 is 5.97 Å². The molecule has 4 heterocycles. The number of hydrogen-bond donors (Lipinski definition) is 1. The number of piperidine rings is 1. The third-order valence-corrected chi connectivity index (χ3v) is 7.21. The van der Waals surface area contributed by atoms with Crippen LogP contribution in [0.15, 0.2) is 41.3 Å². The van der Waals surface area contributed by atoms with Gasteiger partial charge in [0.1, 0.15) is 5.82 Å². The fourth-order valence-corrected chi connectivity index (χ4v) is 5.06. The van der Waals surface area contributed by atoms with Gasteiger partial charge in [-0.25, -0.2) is 4.98 Å². The van der Waals surface area contributed by atoms with E-state index in [0.29, 0.717) is 25.0 Å². The van der Waals surface area contributed by atoms with Crippen molar-refractivity contribution in [2.75, 3.05) is 31.6 Å². The maximum absolute atomic E-state index is 11.9. The summed E-state index contributed by atoms with van der Waals surface area (Å²) in [5.41, 5.74) is 3.05. The second-order valence-electron chi connectivity index (χ2n) is 8.94. The number of nitrogens with one attached hydrogen (secondary N) is 1. The molecule has 2 atom stereocenters. The summed E-state index contributed by atoms with van der Waals surface area (Å²) >= 11 is 3.60. The zero-order valence-electron chi connectivity index (χ0n) is 18.8. The van der Waals surface area contributed by atoms with E-state index in [1.807, 2.05) is 23.7 Å². The molecule has 0 radical (unpaired) electrons. The van der Waals surface area contributed by atoms with Crippen molar-refractivity contribution in [1.82, 2.24) is 24.5 Å². The van der Waals surface area contributed by atoms with Gasteiger partial charge in [0.25, 0.3) is 0 Å². The summed E-state index contributed by atoms with van der Waals surface area (Å²) in [7, 11) is 0. The van der Waals surface area contributed by atoms with Gasteiger partial charge in [0.2, 0.25) is 0 Å². The van der Waals surface area contributed by atoms with Gasteiger partial charge in [-0.15, -0.1) is 0 Å². The predicted octanol–water partition coefficient (Wildman–Crippen LogP) is 3.88. The molecule has 1 saturated carbocycles. The molecule has 0 spiro atoms. The smallest absolute Gasteiger partial charge is 0.309 e. The van der Waals surface area contributed by atoms with Crippen molar-refractivity contribution in [1.29, 1.82) is 0 Å². The first-order valence-electron chi connectivity index (χ1n) is 11.7. The van der Waals surface area contributed by atoms with Crippen LogP contribution in [0.5, 0.6) is 0 Å². The number of halogens is 1. The van der Waals surface area contributed by atoms with Crippen LogP contribution in [-0.4, -0.2) is 56.7 Å². The standard InChI is InChI=1S/C24H29BrN6O2/c1-2-33-24(32)19-10-18(19)15-30-8-5-17(6-9-30)21-11-22(27-13-16-4-3-7-26-12-16)31-23(29-21)20(25)14-28-31/h3-4,7,11-12,14,17-19,27H,2,5-6,8-10,13,15H2,1H3. The summed E-state index contributed by atoms with van der Waals surface area (Å²) in [5, 5.41) is 8.00. The van der Waals surface area contributed by atoms with Crippen molar-refractivity contribution in [3.05, 3.63) is 52.5 Å². The van der Waals surface area contributed by atoms with Crippen molar-refractivity contribution >= 4 is 33.4 Å². The van der Waals surface area contributed by atoms with Crippen LogP contribution < -0.4 is 5.32 Å². The first-order valence-corrected chi connectivity index (χ1v) is 12.5. The lowest BCUT2D eigenvalue weighted by Gasteiger charge is -2.32. The van der Waals surface area contributed by atoms with E-state index in [0.717, 1.165) is 66.1 Å². The van der Waals surface area contributed by atoms with Crippen molar-refractivity contribution in [3.8, 4) is 0 Å². The molecular formula is C24H29BrN6O2. The summed E-state index contributed by atoms with van der Waals surface area (Å²) in [5.74, 6) is 1.89. The average molecular weight is 513 g/mol. The number of pyridine rings is 1. The molecule has 174 valence electrons. The number of aromatic nitrogens is 4. The molecule has 0 bridgehead atoms. The van der Waals surface area contributed by atoms with E-state index in [2.05, 4.69) is 48.4 Å². The highest BCUT2D eigenvalue weighted by atomic mass is 79.9. The molecule has 1 saturated heterocycles. The Morgan fingerprint density at radius 1 is 1.30 bits per heavy atom. The maximum Gasteiger partial charge on any atom is 0.309 e. The summed E-state index contributed by atoms with van der Waals surface area (Å²) in [6.07, 6.45) is 8.54. The second-order valence-corrected chi connectivity index (χ2v) is 9.79. The number of nitrogens with zero attached hydrogens (tertiary/aromatic N) is 5. The van der Waals surface area contributed by atoms with Crippen molar-refractivity contribution in [2.24, 2.45) is 11.8 Å². The molecule has 1 aliphatic heterocycles. The van der Waals surface area contributed by atoms with E-state index in [-0.39, 0.29) is 11.9 Å². The third-order valence-electron chi connectivity index (χ3n) is 6.66. The minimum absolute atomic E-state index is 0.0208. The number of ether oxygens (including phenoxy) is 1. The highest BCUT2D eigenvalue weighted by Gasteiger charge is 2.45. The Kier molecular flexibility index (Phi) is 6.59. The largest absolute Gasteiger partial charge is 0.466 e. The van der Waals surface area contributed by atoms with Gasteiger partial charge in [-0.1, -0.05) is 6.07 Å². The van der Waals surface area contributed by atoms with Gasteiger partial charge < -0.3 is 15.0 Å². The van der Waals surface area contributed by atoms with E-state index in [4.69, 9.17) is 9.72 Å². The molecule has 2 aliphatic rings. The lowest BCUT2D eigenvalue weighted by molar-refractivity contribution is -0.145. The van der Waals surface area contributed by atoms with Gasteiger partial charge in [0.15, 0.2) is 5.65 Å². The van der Waals surface area contributed by atoms with Crippen LogP contribution in [-0.2, 0) is 16.1 Å². The SMILES string of the molecule is CCOC(=O)C1CC1CN1CCC(c2cc(NCc3cccnc3)n3ncc(Br)c3n2)CC1. The molecule has 2 fully saturated rings. The molecule has 5 rings (SSSR count). The van der Waals surface area contributed by atoms with Crippen LogP contribution in [0.25, 0.3) is 5.65 Å². The first-order chi connectivity index (χ1) is 16.1. The topological polar surface area (TPSA) is 84.7 Å². The number of hydrogen-bond acceptors (Lipinski definition) is 7. The van der Waals surface area contributed by atoms with Gasteiger partial charge in [-0.2, -0.15) is 9.61 Å². The fraction of sp³-hybridized carbons (Fsp3) is 0.500. The lowest BCUT2D eigenvalue weighted by atomic mass is 9.93. The number of likely N-dealkylation sites (tertiary alicyclic amines) is 1.